The van der Waals surface area contributed by atoms with Gasteiger partial charge in [-0.1, -0.05) is 12.1 Å². The van der Waals surface area contributed by atoms with Gasteiger partial charge in [0.15, 0.2) is 11.6 Å². The highest BCUT2D eigenvalue weighted by Crippen LogP contribution is 2.14. The van der Waals surface area contributed by atoms with Crippen LogP contribution in [0.4, 0.5) is 14.5 Å². The van der Waals surface area contributed by atoms with Crippen molar-refractivity contribution in [2.45, 2.75) is 6.42 Å². The first kappa shape index (κ1) is 13.9. The maximum absolute atomic E-state index is 13.0. The molecule has 0 aliphatic heterocycles. The Bertz CT molecular complexity index is 616. The third kappa shape index (κ3) is 3.99. The van der Waals surface area contributed by atoms with Gasteiger partial charge in [0, 0.05) is 9.26 Å². The van der Waals surface area contributed by atoms with Crippen molar-refractivity contribution in [3.05, 3.63) is 63.2 Å². The maximum atomic E-state index is 13.0. The van der Waals surface area contributed by atoms with E-state index < -0.39 is 11.6 Å². The fourth-order valence-electron chi connectivity index (χ4n) is 1.61. The molecule has 0 bridgehead atoms. The fourth-order valence-corrected chi connectivity index (χ4v) is 2.15. The summed E-state index contributed by atoms with van der Waals surface area (Å²) in [5, 5.41) is 2.71. The molecule has 0 radical (unpaired) electrons. The maximum Gasteiger partial charge on any atom is 0.228 e. The molecular formula is C14H10F2INO. The molecule has 0 unspecified atom stereocenters. The number of anilines is 1. The molecule has 0 saturated heterocycles. The molecule has 98 valence electrons. The van der Waals surface area contributed by atoms with Crippen LogP contribution in [0.25, 0.3) is 0 Å². The van der Waals surface area contributed by atoms with Gasteiger partial charge in [-0.2, -0.15) is 0 Å². The monoisotopic (exact) mass is 373 g/mol. The van der Waals surface area contributed by atoms with Crippen LogP contribution in [0.3, 0.4) is 0 Å². The van der Waals surface area contributed by atoms with Gasteiger partial charge in [-0.15, -0.1) is 0 Å². The lowest BCUT2D eigenvalue weighted by Crippen LogP contribution is -2.14. The van der Waals surface area contributed by atoms with Gasteiger partial charge in [-0.25, -0.2) is 8.78 Å². The van der Waals surface area contributed by atoms with E-state index in [0.29, 0.717) is 11.3 Å². The summed E-state index contributed by atoms with van der Waals surface area (Å²) in [7, 11) is 0. The molecule has 2 nitrogen and oxygen atoms in total. The Balaban J connectivity index is 2.03. The fraction of sp³-hybridized carbons (Fsp3) is 0.0714. The summed E-state index contributed by atoms with van der Waals surface area (Å²) in [5.74, 6) is -2.13. The van der Waals surface area contributed by atoms with Crippen LogP contribution in [0.15, 0.2) is 42.5 Å². The SMILES string of the molecule is O=C(Cc1ccc(F)c(F)c1)Nc1cccc(I)c1. The van der Waals surface area contributed by atoms with Crippen LogP contribution in [0, 0.1) is 15.2 Å². The third-order valence-corrected chi connectivity index (χ3v) is 3.13. The summed E-state index contributed by atoms with van der Waals surface area (Å²) < 4.78 is 26.8. The van der Waals surface area contributed by atoms with E-state index in [1.807, 2.05) is 18.2 Å². The molecule has 0 fully saturated rings. The minimum Gasteiger partial charge on any atom is -0.326 e. The number of carbonyl (C=O) groups is 1. The van der Waals surface area contributed by atoms with Crippen molar-refractivity contribution >= 4 is 34.2 Å². The quantitative estimate of drug-likeness (QED) is 0.816. The van der Waals surface area contributed by atoms with Gasteiger partial charge in [-0.05, 0) is 58.5 Å². The second-order valence-electron chi connectivity index (χ2n) is 3.98. The summed E-state index contributed by atoms with van der Waals surface area (Å²) in [6, 6.07) is 10.8. The largest absolute Gasteiger partial charge is 0.326 e. The van der Waals surface area contributed by atoms with Crippen molar-refractivity contribution in [1.82, 2.24) is 0 Å². The molecule has 0 aliphatic carbocycles. The molecule has 0 aliphatic rings. The van der Waals surface area contributed by atoms with Gasteiger partial charge < -0.3 is 5.32 Å². The lowest BCUT2D eigenvalue weighted by Gasteiger charge is -2.06. The van der Waals surface area contributed by atoms with Gasteiger partial charge in [0.25, 0.3) is 0 Å². The molecule has 2 aromatic rings. The Morgan fingerprint density at radius 2 is 1.89 bits per heavy atom. The second kappa shape index (κ2) is 6.10. The van der Waals surface area contributed by atoms with Crippen LogP contribution in [0.5, 0.6) is 0 Å². The lowest BCUT2D eigenvalue weighted by atomic mass is 10.1. The van der Waals surface area contributed by atoms with E-state index in [1.54, 1.807) is 6.07 Å². The van der Waals surface area contributed by atoms with Gasteiger partial charge >= 0.3 is 0 Å². The normalized spacial score (nSPS) is 10.3. The minimum atomic E-state index is -0.945. The summed E-state index contributed by atoms with van der Waals surface area (Å²) in [5.41, 5.74) is 1.11. The molecule has 2 aromatic carbocycles. The van der Waals surface area contributed by atoms with Crippen molar-refractivity contribution in [2.75, 3.05) is 5.32 Å². The second-order valence-corrected chi connectivity index (χ2v) is 5.23. The molecule has 0 spiro atoms. The lowest BCUT2D eigenvalue weighted by molar-refractivity contribution is -0.115. The predicted octanol–water partition coefficient (Wildman–Crippen LogP) is 3.75. The zero-order valence-electron chi connectivity index (χ0n) is 9.79. The van der Waals surface area contributed by atoms with Crippen LogP contribution < -0.4 is 5.32 Å². The van der Waals surface area contributed by atoms with Gasteiger partial charge in [0.2, 0.25) is 5.91 Å². The molecule has 5 heteroatoms. The predicted molar refractivity (Wildman–Crippen MR) is 77.9 cm³/mol. The zero-order valence-corrected chi connectivity index (χ0v) is 11.9. The molecule has 1 N–H and O–H groups in total. The highest BCUT2D eigenvalue weighted by atomic mass is 127. The van der Waals surface area contributed by atoms with E-state index in [9.17, 15) is 13.6 Å². The molecule has 0 heterocycles. The standard InChI is InChI=1S/C14H10F2INO/c15-12-5-4-9(6-13(12)16)7-14(19)18-11-3-1-2-10(17)8-11/h1-6,8H,7H2,(H,18,19). The van der Waals surface area contributed by atoms with Gasteiger partial charge in [-0.3, -0.25) is 4.79 Å². The highest BCUT2D eigenvalue weighted by Gasteiger charge is 2.07. The third-order valence-electron chi connectivity index (χ3n) is 2.46. The first-order chi connectivity index (χ1) is 9.04. The molecule has 0 atom stereocenters. The van der Waals surface area contributed by atoms with Crippen LogP contribution in [0.1, 0.15) is 5.56 Å². The summed E-state index contributed by atoms with van der Waals surface area (Å²) in [4.78, 5) is 11.8. The van der Waals surface area contributed by atoms with Gasteiger partial charge in [0.05, 0.1) is 6.42 Å². The summed E-state index contributed by atoms with van der Waals surface area (Å²) >= 11 is 2.14. The number of rotatable bonds is 3. The first-order valence-corrected chi connectivity index (χ1v) is 6.62. The van der Waals surface area contributed by atoms with Crippen molar-refractivity contribution in [3.8, 4) is 0 Å². The van der Waals surface area contributed by atoms with E-state index >= 15 is 0 Å². The van der Waals surface area contributed by atoms with E-state index in [0.717, 1.165) is 15.7 Å². The highest BCUT2D eigenvalue weighted by molar-refractivity contribution is 14.1. The average Bonchev–Trinajstić information content (AvgIpc) is 2.34. The Morgan fingerprint density at radius 1 is 1.11 bits per heavy atom. The minimum absolute atomic E-state index is 0.00265. The van der Waals surface area contributed by atoms with Crippen molar-refractivity contribution in [1.29, 1.82) is 0 Å². The Hall–Kier alpha value is -1.50. The number of nitrogens with one attached hydrogen (secondary N) is 1. The Kier molecular flexibility index (Phi) is 4.47. The Labute approximate surface area is 123 Å². The van der Waals surface area contributed by atoms with E-state index in [1.165, 1.54) is 6.07 Å². The molecule has 0 aromatic heterocycles. The summed E-state index contributed by atoms with van der Waals surface area (Å²) in [6.07, 6.45) is 0.00265. The summed E-state index contributed by atoms with van der Waals surface area (Å²) in [6.45, 7) is 0. The number of hydrogen-bond acceptors (Lipinski definition) is 1. The average molecular weight is 373 g/mol. The number of halogens is 3. The number of hydrogen-bond donors (Lipinski definition) is 1. The molecule has 1 amide bonds. The molecular weight excluding hydrogens is 363 g/mol. The van der Waals surface area contributed by atoms with Crippen LogP contribution in [-0.4, -0.2) is 5.91 Å². The number of benzene rings is 2. The van der Waals surface area contributed by atoms with Crippen molar-refractivity contribution < 1.29 is 13.6 Å². The van der Waals surface area contributed by atoms with Crippen molar-refractivity contribution in [3.63, 3.8) is 0 Å². The van der Waals surface area contributed by atoms with E-state index in [2.05, 4.69) is 27.9 Å². The molecule has 2 rings (SSSR count). The number of amides is 1. The van der Waals surface area contributed by atoms with Crippen LogP contribution >= 0.6 is 22.6 Å². The topological polar surface area (TPSA) is 29.1 Å². The zero-order chi connectivity index (χ0) is 13.8. The van der Waals surface area contributed by atoms with E-state index in [-0.39, 0.29) is 12.3 Å². The van der Waals surface area contributed by atoms with Gasteiger partial charge in [0.1, 0.15) is 0 Å². The van der Waals surface area contributed by atoms with E-state index in [4.69, 9.17) is 0 Å². The molecule has 19 heavy (non-hydrogen) atoms. The number of carbonyl (C=O) groups excluding carboxylic acids is 1. The molecule has 0 saturated carbocycles. The smallest absolute Gasteiger partial charge is 0.228 e. The Morgan fingerprint density at radius 3 is 2.58 bits per heavy atom. The van der Waals surface area contributed by atoms with Crippen molar-refractivity contribution in [2.24, 2.45) is 0 Å². The van der Waals surface area contributed by atoms with Crippen LogP contribution in [-0.2, 0) is 11.2 Å². The van der Waals surface area contributed by atoms with Crippen LogP contribution in [0.2, 0.25) is 0 Å². The first-order valence-electron chi connectivity index (χ1n) is 5.54.